The van der Waals surface area contributed by atoms with Crippen molar-refractivity contribution in [3.63, 3.8) is 0 Å². The van der Waals surface area contributed by atoms with Gasteiger partial charge in [0.2, 0.25) is 5.91 Å². The standard InChI is InChI=1S/C26H20N4O2S2/c1-16-7-12-20-22(13-16)34-25(28-20)18-8-10-19(11-9-18)27-24(32)15-33-26-29-21(14-23(31)30-26)17-5-3-2-4-6-17/h2-14H,15H2,1H3,(H,27,32)(H,29,30,31). The second-order valence-corrected chi connectivity index (χ2v) is 9.70. The smallest absolute Gasteiger partial charge is 0.252 e. The summed E-state index contributed by atoms with van der Waals surface area (Å²) < 4.78 is 1.16. The Morgan fingerprint density at radius 1 is 0.971 bits per heavy atom. The van der Waals surface area contributed by atoms with Crippen LogP contribution in [0.5, 0.6) is 0 Å². The summed E-state index contributed by atoms with van der Waals surface area (Å²) in [6, 6.07) is 24.8. The van der Waals surface area contributed by atoms with Crippen molar-refractivity contribution in [3.05, 3.63) is 94.8 Å². The zero-order valence-electron chi connectivity index (χ0n) is 18.2. The SMILES string of the molecule is Cc1ccc2nc(-c3ccc(NC(=O)CSc4nc(-c5ccccc5)cc(=O)[nH]4)cc3)sc2c1. The summed E-state index contributed by atoms with van der Waals surface area (Å²) in [5, 5.41) is 4.24. The van der Waals surface area contributed by atoms with Crippen LogP contribution in [-0.4, -0.2) is 26.6 Å². The lowest BCUT2D eigenvalue weighted by Gasteiger charge is -2.07. The highest BCUT2D eigenvalue weighted by molar-refractivity contribution is 7.99. The number of aromatic nitrogens is 3. The zero-order chi connectivity index (χ0) is 23.5. The Morgan fingerprint density at radius 3 is 2.56 bits per heavy atom. The van der Waals surface area contributed by atoms with Crippen LogP contribution in [0, 0.1) is 6.92 Å². The molecule has 0 atom stereocenters. The van der Waals surface area contributed by atoms with Gasteiger partial charge in [0.1, 0.15) is 5.01 Å². The number of hydrogen-bond acceptors (Lipinski definition) is 6. The molecule has 34 heavy (non-hydrogen) atoms. The Labute approximate surface area is 204 Å². The molecule has 168 valence electrons. The number of anilines is 1. The maximum Gasteiger partial charge on any atom is 0.252 e. The molecule has 0 aliphatic carbocycles. The van der Waals surface area contributed by atoms with Crippen molar-refractivity contribution in [3.8, 4) is 21.8 Å². The minimum Gasteiger partial charge on any atom is -0.325 e. The van der Waals surface area contributed by atoms with Gasteiger partial charge in [-0.1, -0.05) is 48.2 Å². The van der Waals surface area contributed by atoms with E-state index in [0.717, 1.165) is 26.4 Å². The first-order chi connectivity index (χ1) is 16.5. The van der Waals surface area contributed by atoms with E-state index in [1.165, 1.54) is 23.4 Å². The van der Waals surface area contributed by atoms with E-state index in [2.05, 4.69) is 34.3 Å². The van der Waals surface area contributed by atoms with Gasteiger partial charge in [0.25, 0.3) is 5.56 Å². The average Bonchev–Trinajstić information content (AvgIpc) is 3.27. The van der Waals surface area contributed by atoms with Crippen molar-refractivity contribution in [1.29, 1.82) is 0 Å². The van der Waals surface area contributed by atoms with Crippen molar-refractivity contribution in [2.75, 3.05) is 11.1 Å². The van der Waals surface area contributed by atoms with Crippen LogP contribution in [0.25, 0.3) is 32.0 Å². The third-order valence-electron chi connectivity index (χ3n) is 5.09. The number of rotatable bonds is 6. The Kier molecular flexibility index (Phi) is 6.24. The molecule has 2 aromatic heterocycles. The molecule has 0 aliphatic heterocycles. The summed E-state index contributed by atoms with van der Waals surface area (Å²) in [6.45, 7) is 2.07. The quantitative estimate of drug-likeness (QED) is 0.237. The minimum atomic E-state index is -0.252. The van der Waals surface area contributed by atoms with E-state index in [1.807, 2.05) is 60.7 Å². The number of fused-ring (bicyclic) bond motifs is 1. The van der Waals surface area contributed by atoms with Gasteiger partial charge in [0.15, 0.2) is 5.16 Å². The van der Waals surface area contributed by atoms with Crippen molar-refractivity contribution >= 4 is 44.9 Å². The lowest BCUT2D eigenvalue weighted by atomic mass is 10.1. The number of benzene rings is 3. The molecule has 2 N–H and O–H groups in total. The fourth-order valence-electron chi connectivity index (χ4n) is 3.44. The van der Waals surface area contributed by atoms with Crippen LogP contribution in [0.4, 0.5) is 5.69 Å². The normalized spacial score (nSPS) is 11.0. The van der Waals surface area contributed by atoms with E-state index < -0.39 is 0 Å². The van der Waals surface area contributed by atoms with E-state index in [-0.39, 0.29) is 17.2 Å². The Balaban J connectivity index is 1.23. The zero-order valence-corrected chi connectivity index (χ0v) is 19.9. The molecule has 0 spiro atoms. The highest BCUT2D eigenvalue weighted by Crippen LogP contribution is 2.31. The maximum atomic E-state index is 12.5. The summed E-state index contributed by atoms with van der Waals surface area (Å²) in [4.78, 5) is 36.4. The van der Waals surface area contributed by atoms with E-state index in [1.54, 1.807) is 11.3 Å². The second-order valence-electron chi connectivity index (χ2n) is 7.71. The van der Waals surface area contributed by atoms with Gasteiger partial charge in [-0.25, -0.2) is 9.97 Å². The first kappa shape index (κ1) is 22.1. The van der Waals surface area contributed by atoms with Crippen LogP contribution >= 0.6 is 23.1 Å². The van der Waals surface area contributed by atoms with E-state index >= 15 is 0 Å². The molecule has 8 heteroatoms. The number of H-pyrrole nitrogens is 1. The highest BCUT2D eigenvalue weighted by Gasteiger charge is 2.10. The molecule has 0 radical (unpaired) electrons. The summed E-state index contributed by atoms with van der Waals surface area (Å²) in [7, 11) is 0. The lowest BCUT2D eigenvalue weighted by Crippen LogP contribution is -2.15. The largest absolute Gasteiger partial charge is 0.325 e. The Morgan fingerprint density at radius 2 is 1.76 bits per heavy atom. The third-order valence-corrected chi connectivity index (χ3v) is 7.03. The van der Waals surface area contributed by atoms with Gasteiger partial charge in [-0.15, -0.1) is 11.3 Å². The van der Waals surface area contributed by atoms with Gasteiger partial charge in [-0.3, -0.25) is 9.59 Å². The Bertz CT molecular complexity index is 1530. The number of carbonyl (C=O) groups is 1. The molecule has 5 rings (SSSR count). The van der Waals surface area contributed by atoms with Gasteiger partial charge in [-0.2, -0.15) is 0 Å². The van der Waals surface area contributed by atoms with Crippen molar-refractivity contribution in [1.82, 2.24) is 15.0 Å². The third kappa shape index (κ3) is 5.08. The minimum absolute atomic E-state index is 0.125. The summed E-state index contributed by atoms with van der Waals surface area (Å²) in [5.74, 6) is -0.0545. The summed E-state index contributed by atoms with van der Waals surface area (Å²) >= 11 is 2.84. The fraction of sp³-hybridized carbons (Fsp3) is 0.0769. The molecule has 0 saturated heterocycles. The van der Waals surface area contributed by atoms with E-state index in [4.69, 9.17) is 4.98 Å². The summed E-state index contributed by atoms with van der Waals surface area (Å²) in [5.41, 5.74) is 5.08. The first-order valence-corrected chi connectivity index (χ1v) is 12.4. The molecular formula is C26H20N4O2S2. The number of hydrogen-bond donors (Lipinski definition) is 2. The number of aryl methyl sites for hydroxylation is 1. The summed E-state index contributed by atoms with van der Waals surface area (Å²) in [6.07, 6.45) is 0. The monoisotopic (exact) mass is 484 g/mol. The van der Waals surface area contributed by atoms with E-state index in [0.29, 0.717) is 16.5 Å². The molecule has 0 bridgehead atoms. The predicted octanol–water partition coefficient (Wildman–Crippen LogP) is 5.75. The van der Waals surface area contributed by atoms with Crippen LogP contribution < -0.4 is 10.9 Å². The molecule has 6 nitrogen and oxygen atoms in total. The molecule has 5 aromatic rings. The topological polar surface area (TPSA) is 87.7 Å². The van der Waals surface area contributed by atoms with Gasteiger partial charge in [0, 0.05) is 22.9 Å². The van der Waals surface area contributed by atoms with Crippen LogP contribution in [0.3, 0.4) is 0 Å². The fourth-order valence-corrected chi connectivity index (χ4v) is 5.19. The first-order valence-electron chi connectivity index (χ1n) is 10.6. The molecular weight excluding hydrogens is 464 g/mol. The number of amides is 1. The average molecular weight is 485 g/mol. The van der Waals surface area contributed by atoms with Crippen molar-refractivity contribution in [2.24, 2.45) is 0 Å². The molecule has 2 heterocycles. The predicted molar refractivity (Wildman–Crippen MR) is 139 cm³/mol. The number of thioether (sulfide) groups is 1. The molecule has 0 saturated carbocycles. The van der Waals surface area contributed by atoms with Crippen molar-refractivity contribution < 1.29 is 4.79 Å². The number of nitrogens with one attached hydrogen (secondary N) is 2. The molecule has 1 amide bonds. The van der Waals surface area contributed by atoms with Gasteiger partial charge in [0.05, 0.1) is 21.7 Å². The maximum absolute atomic E-state index is 12.5. The molecule has 0 unspecified atom stereocenters. The van der Waals surface area contributed by atoms with Crippen LogP contribution in [0.2, 0.25) is 0 Å². The van der Waals surface area contributed by atoms with Gasteiger partial charge >= 0.3 is 0 Å². The lowest BCUT2D eigenvalue weighted by molar-refractivity contribution is -0.113. The van der Waals surface area contributed by atoms with E-state index in [9.17, 15) is 9.59 Å². The number of nitrogens with zero attached hydrogens (tertiary/aromatic N) is 2. The van der Waals surface area contributed by atoms with Gasteiger partial charge in [-0.05, 0) is 48.9 Å². The van der Waals surface area contributed by atoms with Crippen LogP contribution in [-0.2, 0) is 4.79 Å². The number of aromatic amines is 1. The number of carbonyl (C=O) groups excluding carboxylic acids is 1. The number of thiazole rings is 1. The van der Waals surface area contributed by atoms with Crippen LogP contribution in [0.1, 0.15) is 5.56 Å². The Hall–Kier alpha value is -3.75. The van der Waals surface area contributed by atoms with Gasteiger partial charge < -0.3 is 10.3 Å². The van der Waals surface area contributed by atoms with Crippen LogP contribution in [0.15, 0.2) is 88.8 Å². The molecule has 0 fully saturated rings. The molecule has 3 aromatic carbocycles. The molecule has 0 aliphatic rings. The second kappa shape index (κ2) is 9.62. The highest BCUT2D eigenvalue weighted by atomic mass is 32.2. The van der Waals surface area contributed by atoms with Crippen molar-refractivity contribution in [2.45, 2.75) is 12.1 Å².